The highest BCUT2D eigenvalue weighted by Gasteiger charge is 2.29. The van der Waals surface area contributed by atoms with Crippen molar-refractivity contribution in [1.29, 1.82) is 0 Å². The molecule has 0 aliphatic heterocycles. The van der Waals surface area contributed by atoms with E-state index in [1.165, 1.54) is 24.6 Å². The maximum atomic E-state index is 12.3. The van der Waals surface area contributed by atoms with Gasteiger partial charge >= 0.3 is 0 Å². The molecule has 0 bridgehead atoms. The van der Waals surface area contributed by atoms with Crippen LogP contribution in [0.4, 0.5) is 0 Å². The molecule has 1 aliphatic carbocycles. The smallest absolute Gasteiger partial charge is 0.233 e. The summed E-state index contributed by atoms with van der Waals surface area (Å²) in [5.41, 5.74) is 0. The Morgan fingerprint density at radius 1 is 1.35 bits per heavy atom. The summed E-state index contributed by atoms with van der Waals surface area (Å²) >= 11 is 1.41. The Bertz CT molecular complexity index is 440. The molecule has 20 heavy (non-hydrogen) atoms. The lowest BCUT2D eigenvalue weighted by Gasteiger charge is -2.35. The minimum atomic E-state index is -0.165. The Morgan fingerprint density at radius 2 is 2.05 bits per heavy atom. The molecule has 4 atom stereocenters. The van der Waals surface area contributed by atoms with Gasteiger partial charge in [-0.3, -0.25) is 4.79 Å². The fourth-order valence-corrected chi connectivity index (χ4v) is 3.38. The highest BCUT2D eigenvalue weighted by atomic mass is 32.2. The van der Waals surface area contributed by atoms with Gasteiger partial charge in [0.2, 0.25) is 5.91 Å². The largest absolute Gasteiger partial charge is 0.352 e. The molecule has 1 heterocycles. The van der Waals surface area contributed by atoms with Gasteiger partial charge in [0, 0.05) is 18.4 Å². The van der Waals surface area contributed by atoms with E-state index in [-0.39, 0.29) is 11.2 Å². The van der Waals surface area contributed by atoms with Crippen molar-refractivity contribution >= 4 is 17.7 Å². The number of hydrogen-bond donors (Lipinski definition) is 1. The van der Waals surface area contributed by atoms with E-state index in [2.05, 4.69) is 29.1 Å². The third-order valence-electron chi connectivity index (χ3n) is 4.23. The molecule has 1 saturated carbocycles. The third kappa shape index (κ3) is 3.95. The molecule has 1 N–H and O–H groups in total. The number of amides is 1. The van der Waals surface area contributed by atoms with Gasteiger partial charge in [-0.25, -0.2) is 9.97 Å². The predicted molar refractivity (Wildman–Crippen MR) is 81.5 cm³/mol. The second-order valence-electron chi connectivity index (χ2n) is 5.67. The van der Waals surface area contributed by atoms with Crippen LogP contribution in [0.3, 0.4) is 0 Å². The molecule has 0 saturated heterocycles. The summed E-state index contributed by atoms with van der Waals surface area (Å²) in [5.74, 6) is 1.33. The second-order valence-corrected chi connectivity index (χ2v) is 6.98. The fraction of sp³-hybridized carbons (Fsp3) is 0.667. The van der Waals surface area contributed by atoms with Gasteiger partial charge in [0.15, 0.2) is 5.16 Å². The molecule has 1 aromatic heterocycles. The maximum absolute atomic E-state index is 12.3. The first kappa shape index (κ1) is 15.3. The fourth-order valence-electron chi connectivity index (χ4n) is 2.64. The average molecular weight is 293 g/mol. The molecule has 1 amide bonds. The van der Waals surface area contributed by atoms with Crippen molar-refractivity contribution in [2.45, 2.75) is 56.5 Å². The molecule has 1 aliphatic rings. The number of nitrogens with one attached hydrogen (secondary N) is 1. The van der Waals surface area contributed by atoms with Gasteiger partial charge in [-0.05, 0) is 31.2 Å². The number of hydrogen-bond acceptors (Lipinski definition) is 4. The highest BCUT2D eigenvalue weighted by molar-refractivity contribution is 8.00. The van der Waals surface area contributed by atoms with E-state index in [9.17, 15) is 4.79 Å². The van der Waals surface area contributed by atoms with Crippen LogP contribution >= 0.6 is 11.8 Å². The quantitative estimate of drug-likeness (QED) is 0.685. The molecular formula is C15H23N3OS. The summed E-state index contributed by atoms with van der Waals surface area (Å²) in [6, 6.07) is 2.09. The van der Waals surface area contributed by atoms with Gasteiger partial charge in [0.25, 0.3) is 0 Å². The van der Waals surface area contributed by atoms with Crippen molar-refractivity contribution in [2.24, 2.45) is 11.8 Å². The Morgan fingerprint density at radius 3 is 2.75 bits per heavy atom. The van der Waals surface area contributed by atoms with Gasteiger partial charge in [-0.1, -0.05) is 38.5 Å². The van der Waals surface area contributed by atoms with E-state index in [0.717, 1.165) is 6.42 Å². The lowest BCUT2D eigenvalue weighted by molar-refractivity contribution is -0.121. The van der Waals surface area contributed by atoms with Crippen LogP contribution in [0.2, 0.25) is 0 Å². The van der Waals surface area contributed by atoms with E-state index < -0.39 is 0 Å². The van der Waals surface area contributed by atoms with Gasteiger partial charge in [-0.2, -0.15) is 0 Å². The summed E-state index contributed by atoms with van der Waals surface area (Å²) in [7, 11) is 0. The Hall–Kier alpha value is -1.10. The average Bonchev–Trinajstić information content (AvgIpc) is 2.45. The minimum Gasteiger partial charge on any atom is -0.352 e. The van der Waals surface area contributed by atoms with Crippen molar-refractivity contribution < 1.29 is 4.79 Å². The number of aromatic nitrogens is 2. The number of carbonyl (C=O) groups excluding carboxylic acids is 1. The van der Waals surface area contributed by atoms with Crippen molar-refractivity contribution in [2.75, 3.05) is 0 Å². The number of rotatable bonds is 4. The van der Waals surface area contributed by atoms with Crippen LogP contribution in [0.1, 0.15) is 40.0 Å². The summed E-state index contributed by atoms with van der Waals surface area (Å²) in [5, 5.41) is 3.69. The van der Waals surface area contributed by atoms with Gasteiger partial charge in [-0.15, -0.1) is 0 Å². The van der Waals surface area contributed by atoms with E-state index in [1.54, 1.807) is 18.5 Å². The van der Waals surface area contributed by atoms with Crippen LogP contribution in [-0.4, -0.2) is 27.2 Å². The van der Waals surface area contributed by atoms with Crippen molar-refractivity contribution in [1.82, 2.24) is 15.3 Å². The van der Waals surface area contributed by atoms with Crippen molar-refractivity contribution in [3.63, 3.8) is 0 Å². The monoisotopic (exact) mass is 293 g/mol. The van der Waals surface area contributed by atoms with Crippen molar-refractivity contribution in [3.05, 3.63) is 18.5 Å². The Labute approximate surface area is 125 Å². The molecule has 0 radical (unpaired) electrons. The standard InChI is InChI=1S/C15H23N3OS/c1-10-6-4-7-13(11(10)2)18-14(19)12(3)20-15-16-8-5-9-17-15/h5,8-13H,4,6-7H2,1-3H3,(H,18,19)/t10-,11-,12-,13+/m1/s1. The highest BCUT2D eigenvalue weighted by Crippen LogP contribution is 2.30. The van der Waals surface area contributed by atoms with Crippen LogP contribution in [0.25, 0.3) is 0 Å². The van der Waals surface area contributed by atoms with E-state index in [0.29, 0.717) is 23.0 Å². The molecule has 0 spiro atoms. The third-order valence-corrected chi connectivity index (χ3v) is 5.22. The first-order valence-electron chi connectivity index (χ1n) is 7.32. The summed E-state index contributed by atoms with van der Waals surface area (Å²) in [6.07, 6.45) is 6.97. The number of carbonyl (C=O) groups is 1. The maximum Gasteiger partial charge on any atom is 0.233 e. The molecule has 4 nitrogen and oxygen atoms in total. The molecule has 5 heteroatoms. The van der Waals surface area contributed by atoms with Crippen molar-refractivity contribution in [3.8, 4) is 0 Å². The van der Waals surface area contributed by atoms with Gasteiger partial charge in [0.1, 0.15) is 0 Å². The van der Waals surface area contributed by atoms with E-state index in [1.807, 2.05) is 6.92 Å². The summed E-state index contributed by atoms with van der Waals surface area (Å²) in [6.45, 7) is 6.43. The van der Waals surface area contributed by atoms with Crippen LogP contribution in [0.15, 0.2) is 23.6 Å². The van der Waals surface area contributed by atoms with Crippen LogP contribution < -0.4 is 5.32 Å². The topological polar surface area (TPSA) is 54.9 Å². The zero-order valence-corrected chi connectivity index (χ0v) is 13.2. The zero-order valence-electron chi connectivity index (χ0n) is 12.4. The second kappa shape index (κ2) is 7.07. The summed E-state index contributed by atoms with van der Waals surface area (Å²) in [4.78, 5) is 20.6. The molecule has 0 aromatic carbocycles. The first-order valence-corrected chi connectivity index (χ1v) is 8.20. The van der Waals surface area contributed by atoms with Crippen LogP contribution in [0.5, 0.6) is 0 Å². The molecule has 2 rings (SSSR count). The normalized spacial score (nSPS) is 27.9. The molecule has 110 valence electrons. The SMILES string of the molecule is C[C@@H]1[C@H](C)CCC[C@@H]1NC(=O)[C@@H](C)Sc1ncccn1. The Balaban J connectivity index is 1.87. The van der Waals surface area contributed by atoms with E-state index in [4.69, 9.17) is 0 Å². The zero-order chi connectivity index (χ0) is 14.5. The molecule has 0 unspecified atom stereocenters. The first-order chi connectivity index (χ1) is 9.58. The van der Waals surface area contributed by atoms with Gasteiger partial charge in [0.05, 0.1) is 5.25 Å². The predicted octanol–water partition coefficient (Wildman–Crippen LogP) is 2.90. The number of thioether (sulfide) groups is 1. The molecule has 1 aromatic rings. The molecule has 1 fully saturated rings. The summed E-state index contributed by atoms with van der Waals surface area (Å²) < 4.78 is 0. The number of nitrogens with zero attached hydrogens (tertiary/aromatic N) is 2. The minimum absolute atomic E-state index is 0.0911. The Kier molecular flexibility index (Phi) is 5.40. The molecular weight excluding hydrogens is 270 g/mol. The van der Waals surface area contributed by atoms with Crippen LogP contribution in [0, 0.1) is 11.8 Å². The van der Waals surface area contributed by atoms with Gasteiger partial charge < -0.3 is 5.32 Å². The van der Waals surface area contributed by atoms with E-state index >= 15 is 0 Å². The lowest BCUT2D eigenvalue weighted by atomic mass is 9.78. The van der Waals surface area contributed by atoms with Crippen LogP contribution in [-0.2, 0) is 4.79 Å². The lowest BCUT2D eigenvalue weighted by Crippen LogP contribution is -2.46.